The number of hydrogen-bond donors (Lipinski definition) is 1. The summed E-state index contributed by atoms with van der Waals surface area (Å²) in [4.78, 5) is 12.6. The second kappa shape index (κ2) is 7.94. The molecule has 0 bridgehead atoms. The summed E-state index contributed by atoms with van der Waals surface area (Å²) in [6.45, 7) is 8.49. The average Bonchev–Trinajstić information content (AvgIpc) is 3.47. The summed E-state index contributed by atoms with van der Waals surface area (Å²) >= 11 is 0. The molecule has 1 saturated carbocycles. The van der Waals surface area contributed by atoms with Crippen molar-refractivity contribution in [3.8, 4) is 5.75 Å². The molecule has 0 heterocycles. The highest BCUT2D eigenvalue weighted by Crippen LogP contribution is 2.46. The Morgan fingerprint density at radius 2 is 1.62 bits per heavy atom. The van der Waals surface area contributed by atoms with Crippen molar-refractivity contribution >= 4 is 6.09 Å². The number of rotatable bonds is 6. The molecule has 0 aliphatic heterocycles. The molecule has 1 amide bonds. The first-order valence-corrected chi connectivity index (χ1v) is 9.63. The van der Waals surface area contributed by atoms with E-state index in [-0.39, 0.29) is 6.04 Å². The minimum absolute atomic E-state index is 0.0979. The molecule has 1 aliphatic carbocycles. The van der Waals surface area contributed by atoms with Gasteiger partial charge in [0.05, 0.1) is 6.04 Å². The van der Waals surface area contributed by atoms with Crippen LogP contribution in [0.1, 0.15) is 75.1 Å². The van der Waals surface area contributed by atoms with E-state index in [2.05, 4.69) is 44.3 Å². The molecule has 1 unspecified atom stereocenters. The first-order valence-electron chi connectivity index (χ1n) is 9.63. The summed E-state index contributed by atoms with van der Waals surface area (Å²) < 4.78 is 5.88. The lowest BCUT2D eigenvalue weighted by molar-refractivity contribution is 0.195. The van der Waals surface area contributed by atoms with Crippen LogP contribution in [0.2, 0.25) is 0 Å². The number of carbonyl (C=O) groups is 1. The lowest BCUT2D eigenvalue weighted by Gasteiger charge is -2.22. The van der Waals surface area contributed by atoms with E-state index in [4.69, 9.17) is 4.74 Å². The summed E-state index contributed by atoms with van der Waals surface area (Å²) in [5.41, 5.74) is 3.31. The highest BCUT2D eigenvalue weighted by atomic mass is 16.6. The number of nitrogens with one attached hydrogen (secondary N) is 1. The SMILES string of the molecule is CC(C)c1cccc(C(C)C2CC2)c1OC(=O)N[C@@H](C)c1ccccc1. The molecule has 2 aromatic rings. The second-order valence-corrected chi connectivity index (χ2v) is 7.71. The Hall–Kier alpha value is -2.29. The Balaban J connectivity index is 1.80. The zero-order valence-electron chi connectivity index (χ0n) is 16.2. The van der Waals surface area contributed by atoms with Crippen LogP contribution in [-0.2, 0) is 0 Å². The fourth-order valence-electron chi connectivity index (χ4n) is 3.48. The molecule has 2 aromatic carbocycles. The van der Waals surface area contributed by atoms with Crippen LogP contribution in [0.25, 0.3) is 0 Å². The molecule has 0 radical (unpaired) electrons. The summed E-state index contributed by atoms with van der Waals surface area (Å²) in [5.74, 6) is 2.18. The van der Waals surface area contributed by atoms with E-state index in [1.165, 1.54) is 12.8 Å². The summed E-state index contributed by atoms with van der Waals surface area (Å²) in [6, 6.07) is 16.1. The van der Waals surface area contributed by atoms with Crippen molar-refractivity contribution in [2.75, 3.05) is 0 Å². The van der Waals surface area contributed by atoms with E-state index >= 15 is 0 Å². The Morgan fingerprint density at radius 3 is 2.23 bits per heavy atom. The van der Waals surface area contributed by atoms with Crippen LogP contribution in [0.3, 0.4) is 0 Å². The van der Waals surface area contributed by atoms with Crippen molar-refractivity contribution in [2.45, 2.75) is 58.4 Å². The van der Waals surface area contributed by atoms with Crippen molar-refractivity contribution in [3.05, 3.63) is 65.2 Å². The van der Waals surface area contributed by atoms with Gasteiger partial charge in [0.25, 0.3) is 0 Å². The third kappa shape index (κ3) is 4.27. The first-order chi connectivity index (χ1) is 12.5. The first kappa shape index (κ1) is 18.5. The van der Waals surface area contributed by atoms with E-state index in [1.54, 1.807) is 0 Å². The van der Waals surface area contributed by atoms with Gasteiger partial charge in [-0.25, -0.2) is 4.79 Å². The van der Waals surface area contributed by atoms with E-state index in [0.717, 1.165) is 22.4 Å². The molecule has 0 aromatic heterocycles. The van der Waals surface area contributed by atoms with Gasteiger partial charge in [-0.05, 0) is 54.2 Å². The fraction of sp³-hybridized carbons (Fsp3) is 0.435. The van der Waals surface area contributed by atoms with Crippen LogP contribution in [0, 0.1) is 5.92 Å². The molecule has 1 aliphatic rings. The molecule has 2 atom stereocenters. The fourth-order valence-corrected chi connectivity index (χ4v) is 3.48. The van der Waals surface area contributed by atoms with Gasteiger partial charge in [0.1, 0.15) is 5.75 Å². The van der Waals surface area contributed by atoms with Crippen LogP contribution in [0.4, 0.5) is 4.79 Å². The monoisotopic (exact) mass is 351 g/mol. The molecule has 1 N–H and O–H groups in total. The molecule has 0 spiro atoms. The smallest absolute Gasteiger partial charge is 0.410 e. The highest BCUT2D eigenvalue weighted by molar-refractivity contribution is 5.72. The molecule has 26 heavy (non-hydrogen) atoms. The van der Waals surface area contributed by atoms with Gasteiger partial charge in [0.2, 0.25) is 0 Å². The minimum Gasteiger partial charge on any atom is -0.410 e. The Labute approximate surface area is 156 Å². The van der Waals surface area contributed by atoms with Gasteiger partial charge in [0, 0.05) is 0 Å². The second-order valence-electron chi connectivity index (χ2n) is 7.71. The lowest BCUT2D eigenvalue weighted by atomic mass is 9.90. The zero-order valence-corrected chi connectivity index (χ0v) is 16.2. The number of ether oxygens (including phenoxy) is 1. The molecular weight excluding hydrogens is 322 g/mol. The molecule has 0 saturated heterocycles. The minimum atomic E-state index is -0.390. The van der Waals surface area contributed by atoms with Gasteiger partial charge in [-0.1, -0.05) is 69.3 Å². The summed E-state index contributed by atoms with van der Waals surface area (Å²) in [6.07, 6.45) is 2.15. The van der Waals surface area contributed by atoms with Crippen molar-refractivity contribution in [1.29, 1.82) is 0 Å². The summed E-state index contributed by atoms with van der Waals surface area (Å²) in [7, 11) is 0. The van der Waals surface area contributed by atoms with Gasteiger partial charge >= 0.3 is 6.09 Å². The molecule has 3 nitrogen and oxygen atoms in total. The van der Waals surface area contributed by atoms with Crippen LogP contribution in [0.15, 0.2) is 48.5 Å². The maximum Gasteiger partial charge on any atom is 0.413 e. The van der Waals surface area contributed by atoms with Crippen molar-refractivity contribution < 1.29 is 9.53 Å². The summed E-state index contributed by atoms with van der Waals surface area (Å²) in [5, 5.41) is 2.96. The van der Waals surface area contributed by atoms with Gasteiger partial charge < -0.3 is 10.1 Å². The predicted molar refractivity (Wildman–Crippen MR) is 106 cm³/mol. The van der Waals surface area contributed by atoms with E-state index < -0.39 is 6.09 Å². The van der Waals surface area contributed by atoms with Crippen LogP contribution >= 0.6 is 0 Å². The number of benzene rings is 2. The van der Waals surface area contributed by atoms with Crippen molar-refractivity contribution in [1.82, 2.24) is 5.32 Å². The lowest BCUT2D eigenvalue weighted by Crippen LogP contribution is -2.30. The molecule has 138 valence electrons. The van der Waals surface area contributed by atoms with Crippen LogP contribution < -0.4 is 10.1 Å². The van der Waals surface area contributed by atoms with Crippen LogP contribution in [-0.4, -0.2) is 6.09 Å². The van der Waals surface area contributed by atoms with Crippen LogP contribution in [0.5, 0.6) is 5.75 Å². The van der Waals surface area contributed by atoms with Crippen molar-refractivity contribution in [2.24, 2.45) is 5.92 Å². The Kier molecular flexibility index (Phi) is 5.65. The third-order valence-corrected chi connectivity index (χ3v) is 5.35. The maximum absolute atomic E-state index is 12.6. The van der Waals surface area contributed by atoms with Gasteiger partial charge in [-0.2, -0.15) is 0 Å². The predicted octanol–water partition coefficient (Wildman–Crippen LogP) is 6.17. The third-order valence-electron chi connectivity index (χ3n) is 5.35. The standard InChI is InChI=1S/C23H29NO2/c1-15(2)20-11-8-12-21(16(3)18-13-14-18)22(20)26-23(25)24-17(4)19-9-6-5-7-10-19/h5-12,15-18H,13-14H2,1-4H3,(H,24,25)/t16?,17-/m0/s1. The Bertz CT molecular complexity index is 750. The van der Waals surface area contributed by atoms with E-state index in [1.807, 2.05) is 37.3 Å². The molecule has 3 rings (SSSR count). The normalized spacial score (nSPS) is 16.2. The molecule has 3 heteroatoms. The van der Waals surface area contributed by atoms with Gasteiger partial charge in [-0.15, -0.1) is 0 Å². The number of amides is 1. The average molecular weight is 351 g/mol. The quantitative estimate of drug-likeness (QED) is 0.675. The Morgan fingerprint density at radius 1 is 0.962 bits per heavy atom. The van der Waals surface area contributed by atoms with Gasteiger partial charge in [0.15, 0.2) is 0 Å². The van der Waals surface area contributed by atoms with E-state index in [0.29, 0.717) is 17.8 Å². The highest BCUT2D eigenvalue weighted by Gasteiger charge is 2.32. The largest absolute Gasteiger partial charge is 0.413 e. The number of para-hydroxylation sites is 1. The molecule has 1 fully saturated rings. The topological polar surface area (TPSA) is 38.3 Å². The molecular formula is C23H29NO2. The van der Waals surface area contributed by atoms with E-state index in [9.17, 15) is 4.79 Å². The van der Waals surface area contributed by atoms with Gasteiger partial charge in [-0.3, -0.25) is 0 Å². The number of hydrogen-bond acceptors (Lipinski definition) is 2. The van der Waals surface area contributed by atoms with Crippen molar-refractivity contribution in [3.63, 3.8) is 0 Å². The number of carbonyl (C=O) groups excluding carboxylic acids is 1. The maximum atomic E-state index is 12.6. The zero-order chi connectivity index (χ0) is 18.7.